The van der Waals surface area contributed by atoms with Crippen molar-refractivity contribution >= 4 is 5.91 Å². The number of carbonyl (C=O) groups is 1. The average molecular weight is 306 g/mol. The summed E-state index contributed by atoms with van der Waals surface area (Å²) in [6.07, 6.45) is -0.904. The topological polar surface area (TPSA) is 53.0 Å². The van der Waals surface area contributed by atoms with Gasteiger partial charge in [-0.25, -0.2) is 0 Å². The van der Waals surface area contributed by atoms with Gasteiger partial charge >= 0.3 is 0 Å². The summed E-state index contributed by atoms with van der Waals surface area (Å²) in [6, 6.07) is 6.22. The fraction of sp³-hybridized carbons (Fsp3) is 0.588. The number of amides is 1. The molecule has 1 saturated heterocycles. The molecule has 1 unspecified atom stereocenters. The number of aryl methyl sites for hydroxylation is 2. The molecule has 1 heterocycles. The number of ether oxygens (including phenoxy) is 1. The molecule has 0 aromatic heterocycles. The molecule has 122 valence electrons. The Labute approximate surface area is 132 Å². The number of rotatable bonds is 5. The maximum atomic E-state index is 11.7. The van der Waals surface area contributed by atoms with Crippen molar-refractivity contribution in [3.63, 3.8) is 0 Å². The quantitative estimate of drug-likeness (QED) is 0.888. The van der Waals surface area contributed by atoms with Gasteiger partial charge in [0.05, 0.1) is 0 Å². The summed E-state index contributed by atoms with van der Waals surface area (Å²) in [5, 5.41) is 9.33. The van der Waals surface area contributed by atoms with Crippen LogP contribution >= 0.6 is 0 Å². The van der Waals surface area contributed by atoms with Gasteiger partial charge in [-0.05, 0) is 38.0 Å². The minimum atomic E-state index is -0.904. The highest BCUT2D eigenvalue weighted by atomic mass is 16.5. The second-order valence-electron chi connectivity index (χ2n) is 5.96. The number of carbonyl (C=O) groups excluding carboxylic acids is 1. The van der Waals surface area contributed by atoms with Crippen LogP contribution in [0.4, 0.5) is 0 Å². The van der Waals surface area contributed by atoms with E-state index in [1.165, 1.54) is 12.5 Å². The Morgan fingerprint density at radius 2 is 1.95 bits per heavy atom. The zero-order valence-corrected chi connectivity index (χ0v) is 13.7. The minimum absolute atomic E-state index is 0.175. The monoisotopic (exact) mass is 306 g/mol. The number of benzene rings is 1. The first-order valence-corrected chi connectivity index (χ1v) is 7.86. The van der Waals surface area contributed by atoms with Crippen LogP contribution in [0.1, 0.15) is 18.1 Å². The lowest BCUT2D eigenvalue weighted by Gasteiger charge is -2.35. The van der Waals surface area contributed by atoms with Crippen LogP contribution in [0.15, 0.2) is 18.2 Å². The van der Waals surface area contributed by atoms with E-state index in [0.29, 0.717) is 19.7 Å². The Hall–Kier alpha value is -1.59. The van der Waals surface area contributed by atoms with Gasteiger partial charge in [0.15, 0.2) is 0 Å². The molecule has 0 radical (unpaired) electrons. The van der Waals surface area contributed by atoms with Gasteiger partial charge in [0.2, 0.25) is 0 Å². The molecule has 5 nitrogen and oxygen atoms in total. The van der Waals surface area contributed by atoms with E-state index in [-0.39, 0.29) is 5.91 Å². The van der Waals surface area contributed by atoms with E-state index in [0.717, 1.165) is 30.9 Å². The lowest BCUT2D eigenvalue weighted by molar-refractivity contribution is -0.141. The van der Waals surface area contributed by atoms with Crippen LogP contribution in [0.3, 0.4) is 0 Å². The van der Waals surface area contributed by atoms with E-state index >= 15 is 0 Å². The SMILES string of the molecule is Cc1ccc(C)c(OCCN2CCN(C(=O)C(C)O)CC2)c1. The molecular formula is C17H26N2O3. The Morgan fingerprint density at radius 3 is 2.59 bits per heavy atom. The molecule has 1 atom stereocenters. The maximum Gasteiger partial charge on any atom is 0.251 e. The highest BCUT2D eigenvalue weighted by Crippen LogP contribution is 2.19. The van der Waals surface area contributed by atoms with Crippen LogP contribution in [-0.4, -0.2) is 66.2 Å². The molecule has 5 heteroatoms. The van der Waals surface area contributed by atoms with Gasteiger partial charge in [0, 0.05) is 32.7 Å². The fourth-order valence-electron chi connectivity index (χ4n) is 2.60. The van der Waals surface area contributed by atoms with Crippen molar-refractivity contribution in [3.8, 4) is 5.75 Å². The molecule has 1 aliphatic heterocycles. The molecule has 0 bridgehead atoms. The molecule has 1 amide bonds. The van der Waals surface area contributed by atoms with Crippen LogP contribution in [0, 0.1) is 13.8 Å². The van der Waals surface area contributed by atoms with E-state index < -0.39 is 6.10 Å². The molecular weight excluding hydrogens is 280 g/mol. The van der Waals surface area contributed by atoms with E-state index in [1.807, 2.05) is 0 Å². The summed E-state index contributed by atoms with van der Waals surface area (Å²) in [7, 11) is 0. The highest BCUT2D eigenvalue weighted by Gasteiger charge is 2.23. The van der Waals surface area contributed by atoms with Gasteiger partial charge < -0.3 is 14.7 Å². The fourth-order valence-corrected chi connectivity index (χ4v) is 2.60. The second-order valence-corrected chi connectivity index (χ2v) is 5.96. The van der Waals surface area contributed by atoms with Gasteiger partial charge in [0.25, 0.3) is 5.91 Å². The maximum absolute atomic E-state index is 11.7. The molecule has 1 aromatic rings. The van der Waals surface area contributed by atoms with E-state index in [2.05, 4.69) is 36.9 Å². The van der Waals surface area contributed by atoms with Crippen LogP contribution in [0.2, 0.25) is 0 Å². The number of aliphatic hydroxyl groups excluding tert-OH is 1. The van der Waals surface area contributed by atoms with Crippen molar-refractivity contribution in [2.45, 2.75) is 26.9 Å². The molecule has 1 aromatic carbocycles. The normalized spacial score (nSPS) is 17.4. The molecule has 1 fully saturated rings. The van der Waals surface area contributed by atoms with E-state index in [4.69, 9.17) is 4.74 Å². The summed E-state index contributed by atoms with van der Waals surface area (Å²) in [4.78, 5) is 15.7. The first-order valence-electron chi connectivity index (χ1n) is 7.86. The number of aliphatic hydroxyl groups is 1. The number of hydrogen-bond donors (Lipinski definition) is 1. The van der Waals surface area contributed by atoms with Crippen LogP contribution in [0.5, 0.6) is 5.75 Å². The molecule has 2 rings (SSSR count). The third-order valence-corrected chi connectivity index (χ3v) is 4.05. The molecule has 1 aliphatic rings. The van der Waals surface area contributed by atoms with Crippen LogP contribution in [-0.2, 0) is 4.79 Å². The third kappa shape index (κ3) is 4.45. The Balaban J connectivity index is 1.73. The van der Waals surface area contributed by atoms with Crippen molar-refractivity contribution < 1.29 is 14.6 Å². The van der Waals surface area contributed by atoms with Crippen LogP contribution < -0.4 is 4.74 Å². The number of nitrogens with zero attached hydrogens (tertiary/aromatic N) is 2. The Morgan fingerprint density at radius 1 is 1.27 bits per heavy atom. The van der Waals surface area contributed by atoms with Gasteiger partial charge in [0.1, 0.15) is 18.5 Å². The second kappa shape index (κ2) is 7.61. The number of hydrogen-bond acceptors (Lipinski definition) is 4. The van der Waals surface area contributed by atoms with Crippen molar-refractivity contribution in [1.82, 2.24) is 9.80 Å². The average Bonchev–Trinajstić information content (AvgIpc) is 2.50. The largest absolute Gasteiger partial charge is 0.492 e. The van der Waals surface area contributed by atoms with Gasteiger partial charge in [-0.1, -0.05) is 12.1 Å². The first-order chi connectivity index (χ1) is 10.5. The number of piperazine rings is 1. The van der Waals surface area contributed by atoms with E-state index in [1.54, 1.807) is 4.90 Å². The predicted molar refractivity (Wildman–Crippen MR) is 86.1 cm³/mol. The molecule has 1 N–H and O–H groups in total. The third-order valence-electron chi connectivity index (χ3n) is 4.05. The molecule has 0 saturated carbocycles. The summed E-state index contributed by atoms with van der Waals surface area (Å²) in [5.74, 6) is 0.772. The first kappa shape index (κ1) is 16.8. The van der Waals surface area contributed by atoms with Crippen molar-refractivity contribution in [3.05, 3.63) is 29.3 Å². The Bertz CT molecular complexity index is 509. The summed E-state index contributed by atoms with van der Waals surface area (Å²) in [5.41, 5.74) is 2.35. The van der Waals surface area contributed by atoms with E-state index in [9.17, 15) is 9.90 Å². The summed E-state index contributed by atoms with van der Waals surface area (Å²) < 4.78 is 5.87. The van der Waals surface area contributed by atoms with Gasteiger partial charge in [-0.15, -0.1) is 0 Å². The lowest BCUT2D eigenvalue weighted by Crippen LogP contribution is -2.51. The molecule has 0 aliphatic carbocycles. The zero-order valence-electron chi connectivity index (χ0n) is 13.7. The van der Waals surface area contributed by atoms with Crippen molar-refractivity contribution in [2.24, 2.45) is 0 Å². The smallest absolute Gasteiger partial charge is 0.251 e. The lowest BCUT2D eigenvalue weighted by atomic mass is 10.1. The molecule has 22 heavy (non-hydrogen) atoms. The zero-order chi connectivity index (χ0) is 16.1. The van der Waals surface area contributed by atoms with Gasteiger partial charge in [-0.3, -0.25) is 9.69 Å². The molecule has 0 spiro atoms. The highest BCUT2D eigenvalue weighted by molar-refractivity contribution is 5.80. The van der Waals surface area contributed by atoms with Crippen molar-refractivity contribution in [2.75, 3.05) is 39.3 Å². The van der Waals surface area contributed by atoms with Crippen molar-refractivity contribution in [1.29, 1.82) is 0 Å². The Kier molecular flexibility index (Phi) is 5.80. The predicted octanol–water partition coefficient (Wildman–Crippen LogP) is 1.21. The summed E-state index contributed by atoms with van der Waals surface area (Å²) in [6.45, 7) is 10.1. The summed E-state index contributed by atoms with van der Waals surface area (Å²) >= 11 is 0. The van der Waals surface area contributed by atoms with Crippen LogP contribution in [0.25, 0.3) is 0 Å². The standard InChI is InChI=1S/C17H26N2O3/c1-13-4-5-14(2)16(12-13)22-11-10-18-6-8-19(9-7-18)17(21)15(3)20/h4-5,12,15,20H,6-11H2,1-3H3. The minimum Gasteiger partial charge on any atom is -0.492 e. The van der Waals surface area contributed by atoms with Gasteiger partial charge in [-0.2, -0.15) is 0 Å².